The molecule has 5 nitrogen and oxygen atoms in total. The first-order chi connectivity index (χ1) is 8.02. The zero-order chi connectivity index (χ0) is 12.6. The van der Waals surface area contributed by atoms with Crippen LogP contribution in [0.4, 0.5) is 0 Å². The molecule has 1 saturated heterocycles. The molecule has 1 aliphatic heterocycles. The largest absolute Gasteiger partial charge is 0.379 e. The fourth-order valence-electron chi connectivity index (χ4n) is 2.10. The van der Waals surface area contributed by atoms with Crippen molar-refractivity contribution in [1.29, 1.82) is 0 Å². The summed E-state index contributed by atoms with van der Waals surface area (Å²) in [6.45, 7) is 4.73. The Balaban J connectivity index is 2.63. The highest BCUT2D eigenvalue weighted by Crippen LogP contribution is 2.19. The lowest BCUT2D eigenvalue weighted by Gasteiger charge is -2.14. The van der Waals surface area contributed by atoms with E-state index in [4.69, 9.17) is 16.3 Å². The van der Waals surface area contributed by atoms with Crippen molar-refractivity contribution in [2.45, 2.75) is 32.2 Å². The van der Waals surface area contributed by atoms with E-state index in [9.17, 15) is 9.59 Å². The molecule has 0 spiro atoms. The quantitative estimate of drug-likeness (QED) is 0.813. The molecule has 2 heterocycles. The molecule has 1 aliphatic rings. The second kappa shape index (κ2) is 4.66. The molecular weight excluding hydrogens is 244 g/mol. The van der Waals surface area contributed by atoms with Gasteiger partial charge in [-0.15, -0.1) is 0 Å². The zero-order valence-electron chi connectivity index (χ0n) is 9.83. The van der Waals surface area contributed by atoms with Gasteiger partial charge >= 0.3 is 5.69 Å². The summed E-state index contributed by atoms with van der Waals surface area (Å²) in [5.74, 6) is -0.0274. The smallest absolute Gasteiger partial charge is 0.329 e. The molecule has 17 heavy (non-hydrogen) atoms. The van der Waals surface area contributed by atoms with E-state index in [1.165, 1.54) is 4.57 Å². The summed E-state index contributed by atoms with van der Waals surface area (Å²) in [5, 5.41) is 0.144. The summed E-state index contributed by atoms with van der Waals surface area (Å²) >= 11 is 5.91. The van der Waals surface area contributed by atoms with Crippen LogP contribution in [0.3, 0.4) is 0 Å². The van der Waals surface area contributed by atoms with Crippen LogP contribution in [0.25, 0.3) is 0 Å². The van der Waals surface area contributed by atoms with Gasteiger partial charge in [0.25, 0.3) is 5.56 Å². The Morgan fingerprint density at radius 2 is 2.18 bits per heavy atom. The summed E-state index contributed by atoms with van der Waals surface area (Å²) in [5.41, 5.74) is -0.303. The van der Waals surface area contributed by atoms with Gasteiger partial charge in [-0.1, -0.05) is 25.4 Å². The Morgan fingerprint density at radius 3 is 2.71 bits per heavy atom. The predicted molar refractivity (Wildman–Crippen MR) is 64.9 cm³/mol. The third kappa shape index (κ3) is 2.17. The number of rotatable bonds is 2. The molecular formula is C11H15ClN2O3. The van der Waals surface area contributed by atoms with E-state index in [-0.39, 0.29) is 22.7 Å². The summed E-state index contributed by atoms with van der Waals surface area (Å²) < 4.78 is 6.44. The van der Waals surface area contributed by atoms with Gasteiger partial charge in [-0.2, -0.15) is 0 Å². The Morgan fingerprint density at radius 1 is 1.47 bits per heavy atom. The first-order valence-corrected chi connectivity index (χ1v) is 6.02. The molecule has 1 unspecified atom stereocenters. The van der Waals surface area contributed by atoms with Crippen molar-refractivity contribution >= 4 is 11.6 Å². The van der Waals surface area contributed by atoms with Crippen LogP contribution in [0.5, 0.6) is 0 Å². The first-order valence-electron chi connectivity index (χ1n) is 5.64. The third-order valence-corrected chi connectivity index (χ3v) is 3.27. The van der Waals surface area contributed by atoms with Crippen molar-refractivity contribution in [1.82, 2.24) is 9.55 Å². The second-order valence-electron chi connectivity index (χ2n) is 4.51. The number of aromatic amines is 1. The lowest BCUT2D eigenvalue weighted by Crippen LogP contribution is -2.40. The maximum atomic E-state index is 12.2. The average Bonchev–Trinajstić information content (AvgIpc) is 2.69. The van der Waals surface area contributed by atoms with Gasteiger partial charge in [-0.25, -0.2) is 4.79 Å². The Kier molecular flexibility index (Phi) is 3.40. The van der Waals surface area contributed by atoms with Gasteiger partial charge in [0.2, 0.25) is 0 Å². The number of ether oxygens (including phenoxy) is 1. The highest BCUT2D eigenvalue weighted by molar-refractivity contribution is 6.30. The second-order valence-corrected chi connectivity index (χ2v) is 4.88. The van der Waals surface area contributed by atoms with Crippen LogP contribution < -0.4 is 11.2 Å². The van der Waals surface area contributed by atoms with Crippen molar-refractivity contribution in [3.05, 3.63) is 31.6 Å². The lowest BCUT2D eigenvalue weighted by molar-refractivity contribution is 0.185. The fraction of sp³-hybridized carbons (Fsp3) is 0.636. The van der Waals surface area contributed by atoms with E-state index in [1.807, 2.05) is 13.8 Å². The molecule has 6 heteroatoms. The molecule has 94 valence electrons. The van der Waals surface area contributed by atoms with E-state index in [0.717, 1.165) is 0 Å². The van der Waals surface area contributed by atoms with Crippen LogP contribution >= 0.6 is 11.6 Å². The van der Waals surface area contributed by atoms with Crippen LogP contribution in [-0.4, -0.2) is 22.8 Å². The highest BCUT2D eigenvalue weighted by atomic mass is 35.5. The van der Waals surface area contributed by atoms with Crippen LogP contribution in [0.15, 0.2) is 9.59 Å². The van der Waals surface area contributed by atoms with Crippen LogP contribution in [0.1, 0.15) is 37.8 Å². The van der Waals surface area contributed by atoms with Gasteiger partial charge in [0.15, 0.2) is 0 Å². The number of hydrogen-bond acceptors (Lipinski definition) is 3. The molecule has 0 aromatic carbocycles. The van der Waals surface area contributed by atoms with Crippen LogP contribution in [-0.2, 0) is 4.74 Å². The minimum atomic E-state index is -0.458. The maximum Gasteiger partial charge on any atom is 0.329 e. The van der Waals surface area contributed by atoms with Crippen molar-refractivity contribution in [2.75, 3.05) is 13.2 Å². The van der Waals surface area contributed by atoms with Gasteiger partial charge in [0.1, 0.15) is 5.15 Å². The standard InChI is InChI=1S/C11H15ClN2O3/c1-6(2)8-9(12)13-11(16)14(10(8)15)7-3-4-17-5-7/h6-7H,3-5H2,1-2H3,(H,13,16). The molecule has 0 saturated carbocycles. The summed E-state index contributed by atoms with van der Waals surface area (Å²) in [6, 6.07) is -0.180. The van der Waals surface area contributed by atoms with Crippen molar-refractivity contribution in [3.63, 3.8) is 0 Å². The molecule has 0 bridgehead atoms. The summed E-state index contributed by atoms with van der Waals surface area (Å²) in [4.78, 5) is 26.6. The highest BCUT2D eigenvalue weighted by Gasteiger charge is 2.24. The molecule has 1 atom stereocenters. The SMILES string of the molecule is CC(C)c1c(Cl)[nH]c(=O)n(C2CCOC2)c1=O. The molecule has 0 amide bonds. The summed E-state index contributed by atoms with van der Waals surface area (Å²) in [6.07, 6.45) is 0.683. The van der Waals surface area contributed by atoms with E-state index in [2.05, 4.69) is 4.98 Å². The molecule has 0 aliphatic carbocycles. The minimum absolute atomic E-state index is 0.0274. The van der Waals surface area contributed by atoms with Gasteiger partial charge in [-0.3, -0.25) is 14.3 Å². The van der Waals surface area contributed by atoms with Gasteiger partial charge < -0.3 is 4.74 Å². The molecule has 1 aromatic rings. The number of nitrogens with one attached hydrogen (secondary N) is 1. The zero-order valence-corrected chi connectivity index (χ0v) is 10.6. The van der Waals surface area contributed by atoms with Gasteiger partial charge in [0, 0.05) is 6.61 Å². The number of hydrogen-bond donors (Lipinski definition) is 1. The van der Waals surface area contributed by atoms with E-state index in [0.29, 0.717) is 25.2 Å². The normalized spacial score (nSPS) is 20.1. The summed E-state index contributed by atoms with van der Waals surface area (Å²) in [7, 11) is 0. The Hall–Kier alpha value is -1.07. The molecule has 1 fully saturated rings. The number of aromatic nitrogens is 2. The average molecular weight is 259 g/mol. The van der Waals surface area contributed by atoms with E-state index < -0.39 is 5.69 Å². The molecule has 1 N–H and O–H groups in total. The minimum Gasteiger partial charge on any atom is -0.379 e. The van der Waals surface area contributed by atoms with Crippen LogP contribution in [0.2, 0.25) is 5.15 Å². The number of halogens is 1. The van der Waals surface area contributed by atoms with Crippen molar-refractivity contribution in [3.8, 4) is 0 Å². The fourth-order valence-corrected chi connectivity index (χ4v) is 2.47. The molecule has 2 rings (SSSR count). The number of nitrogens with zero attached hydrogens (tertiary/aromatic N) is 1. The van der Waals surface area contributed by atoms with Crippen molar-refractivity contribution < 1.29 is 4.74 Å². The molecule has 0 radical (unpaired) electrons. The molecule has 1 aromatic heterocycles. The Labute approximate surface area is 103 Å². The van der Waals surface area contributed by atoms with Crippen LogP contribution in [0, 0.1) is 0 Å². The van der Waals surface area contributed by atoms with Gasteiger partial charge in [0.05, 0.1) is 18.2 Å². The van der Waals surface area contributed by atoms with E-state index >= 15 is 0 Å². The topological polar surface area (TPSA) is 64.1 Å². The monoisotopic (exact) mass is 258 g/mol. The van der Waals surface area contributed by atoms with E-state index in [1.54, 1.807) is 0 Å². The van der Waals surface area contributed by atoms with Crippen molar-refractivity contribution in [2.24, 2.45) is 0 Å². The Bertz CT molecular complexity index is 526. The first kappa shape index (κ1) is 12.4. The maximum absolute atomic E-state index is 12.2. The third-order valence-electron chi connectivity index (χ3n) is 2.97. The lowest BCUT2D eigenvalue weighted by atomic mass is 10.1. The predicted octanol–water partition coefficient (Wildman–Crippen LogP) is 1.27. The number of H-pyrrole nitrogens is 1. The van der Waals surface area contributed by atoms with Gasteiger partial charge in [-0.05, 0) is 12.3 Å².